The summed E-state index contributed by atoms with van der Waals surface area (Å²) in [7, 11) is -0.777. The Balaban J connectivity index is 2.03. The quantitative estimate of drug-likeness (QED) is 0.714. The average molecular weight is 267 g/mol. The molecule has 0 spiro atoms. The van der Waals surface area contributed by atoms with Crippen LogP contribution in [-0.4, -0.2) is 14.7 Å². The van der Waals surface area contributed by atoms with Gasteiger partial charge in [-0.1, -0.05) is 39.0 Å². The molecule has 0 radical (unpaired) electrons. The van der Waals surface area contributed by atoms with Gasteiger partial charge in [-0.25, -0.2) is 0 Å². The van der Waals surface area contributed by atoms with Crippen molar-refractivity contribution in [2.45, 2.75) is 75.2 Å². The van der Waals surface area contributed by atoms with Crippen LogP contribution < -0.4 is 0 Å². The summed E-state index contributed by atoms with van der Waals surface area (Å²) in [5, 5.41) is 9.83. The molecule has 0 saturated heterocycles. The van der Waals surface area contributed by atoms with Gasteiger partial charge in [0, 0.05) is 16.0 Å². The minimum Gasteiger partial charge on any atom is -0.259 e. The van der Waals surface area contributed by atoms with E-state index in [2.05, 4.69) is 13.0 Å². The molecule has 2 nitrogen and oxygen atoms in total. The highest BCUT2D eigenvalue weighted by Crippen LogP contribution is 2.34. The molecule has 102 valence electrons. The van der Waals surface area contributed by atoms with Crippen LogP contribution in [0.25, 0.3) is 0 Å². The Morgan fingerprint density at radius 3 is 2.56 bits per heavy atom. The molecule has 0 aliphatic heterocycles. The summed E-state index contributed by atoms with van der Waals surface area (Å²) in [5.41, 5.74) is 0. The lowest BCUT2D eigenvalue weighted by molar-refractivity contribution is 0.386. The molecule has 0 N–H and O–H groups in total. The molecule has 5 unspecified atom stereocenters. The van der Waals surface area contributed by atoms with Gasteiger partial charge in [-0.15, -0.1) is 0 Å². The fourth-order valence-electron chi connectivity index (χ4n) is 3.54. The van der Waals surface area contributed by atoms with Gasteiger partial charge >= 0.3 is 0 Å². The molecule has 0 aromatic carbocycles. The second kappa shape index (κ2) is 6.70. The van der Waals surface area contributed by atoms with Crippen molar-refractivity contribution in [1.82, 2.24) is 0 Å². The van der Waals surface area contributed by atoms with Gasteiger partial charge in [0.05, 0.1) is 17.2 Å². The largest absolute Gasteiger partial charge is 0.259 e. The summed E-state index contributed by atoms with van der Waals surface area (Å²) in [4.78, 5) is 0. The van der Waals surface area contributed by atoms with Gasteiger partial charge in [0.15, 0.2) is 0 Å². The van der Waals surface area contributed by atoms with Gasteiger partial charge in [0.25, 0.3) is 0 Å². The van der Waals surface area contributed by atoms with Crippen LogP contribution in [0.1, 0.15) is 64.7 Å². The molecule has 5 atom stereocenters. The number of hydrogen-bond acceptors (Lipinski definition) is 2. The van der Waals surface area contributed by atoms with Crippen molar-refractivity contribution in [3.8, 4) is 6.07 Å². The summed E-state index contributed by atoms with van der Waals surface area (Å²) in [5.74, 6) is 0.768. The molecule has 2 saturated carbocycles. The third-order valence-corrected chi connectivity index (χ3v) is 6.88. The van der Waals surface area contributed by atoms with E-state index in [-0.39, 0.29) is 11.2 Å². The Bertz CT molecular complexity index is 336. The van der Waals surface area contributed by atoms with Crippen LogP contribution in [0.5, 0.6) is 0 Å². The first kappa shape index (κ1) is 14.1. The zero-order chi connectivity index (χ0) is 13.0. The summed E-state index contributed by atoms with van der Waals surface area (Å²) in [6.07, 6.45) is 10.2. The number of nitriles is 1. The maximum absolute atomic E-state index is 12.8. The molecular formula is C15H25NOS. The van der Waals surface area contributed by atoms with Crippen LogP contribution in [-0.2, 0) is 10.8 Å². The monoisotopic (exact) mass is 267 g/mol. The fraction of sp³-hybridized carbons (Fsp3) is 0.933. The molecule has 0 heterocycles. The number of nitrogens with zero attached hydrogens (tertiary/aromatic N) is 1. The van der Waals surface area contributed by atoms with Gasteiger partial charge < -0.3 is 0 Å². The summed E-state index contributed by atoms with van der Waals surface area (Å²) in [6, 6.07) is 2.43. The van der Waals surface area contributed by atoms with E-state index in [1.54, 1.807) is 0 Å². The molecule has 2 rings (SSSR count). The van der Waals surface area contributed by atoms with Crippen molar-refractivity contribution in [3.05, 3.63) is 0 Å². The van der Waals surface area contributed by atoms with Crippen LogP contribution in [0.2, 0.25) is 0 Å². The van der Waals surface area contributed by atoms with Crippen LogP contribution >= 0.6 is 0 Å². The summed E-state index contributed by atoms with van der Waals surface area (Å²) >= 11 is 0. The lowest BCUT2D eigenvalue weighted by atomic mass is 9.90. The first-order valence-electron chi connectivity index (χ1n) is 7.51. The molecule has 2 fully saturated rings. The zero-order valence-corrected chi connectivity index (χ0v) is 12.3. The van der Waals surface area contributed by atoms with Crippen LogP contribution in [0.4, 0.5) is 0 Å². The van der Waals surface area contributed by atoms with Gasteiger partial charge in [-0.3, -0.25) is 4.21 Å². The predicted molar refractivity (Wildman–Crippen MR) is 75.5 cm³/mol. The van der Waals surface area contributed by atoms with E-state index in [9.17, 15) is 9.47 Å². The Morgan fingerprint density at radius 2 is 1.83 bits per heavy atom. The van der Waals surface area contributed by atoms with E-state index in [1.807, 2.05) is 0 Å². The Morgan fingerprint density at radius 1 is 1.06 bits per heavy atom. The van der Waals surface area contributed by atoms with Gasteiger partial charge in [-0.05, 0) is 31.6 Å². The Hall–Kier alpha value is -0.360. The third kappa shape index (κ3) is 3.35. The average Bonchev–Trinajstić information content (AvgIpc) is 2.62. The molecule has 18 heavy (non-hydrogen) atoms. The highest BCUT2D eigenvalue weighted by atomic mass is 32.2. The van der Waals surface area contributed by atoms with E-state index < -0.39 is 10.8 Å². The van der Waals surface area contributed by atoms with Crippen molar-refractivity contribution in [3.63, 3.8) is 0 Å². The molecule has 0 amide bonds. The van der Waals surface area contributed by atoms with E-state index in [0.29, 0.717) is 5.25 Å². The van der Waals surface area contributed by atoms with E-state index >= 15 is 0 Å². The van der Waals surface area contributed by atoms with E-state index in [4.69, 9.17) is 0 Å². The van der Waals surface area contributed by atoms with Gasteiger partial charge in [-0.2, -0.15) is 5.26 Å². The molecule has 3 heteroatoms. The third-order valence-electron chi connectivity index (χ3n) is 4.63. The SMILES string of the molecule is CC1CCCC(S(=O)C2CCCCCC2C#N)C1. The minimum absolute atomic E-state index is 0.0468. The molecule has 0 aromatic rings. The maximum Gasteiger partial charge on any atom is 0.0668 e. The standard InChI is InChI=1S/C15H25NOS/c1-12-6-5-8-14(10-12)18(17)15-9-4-2-3-7-13(15)11-16/h12-15H,2-10H2,1H3. The minimum atomic E-state index is -0.777. The predicted octanol–water partition coefficient (Wildman–Crippen LogP) is 3.79. The second-order valence-corrected chi connectivity index (χ2v) is 8.06. The summed E-state index contributed by atoms with van der Waals surface area (Å²) < 4.78 is 12.8. The molecular weight excluding hydrogens is 242 g/mol. The maximum atomic E-state index is 12.8. The van der Waals surface area contributed by atoms with Crippen molar-refractivity contribution in [2.75, 3.05) is 0 Å². The second-order valence-electron chi connectivity index (χ2n) is 6.13. The van der Waals surface area contributed by atoms with Crippen LogP contribution in [0, 0.1) is 23.2 Å². The van der Waals surface area contributed by atoms with Crippen LogP contribution in [0.15, 0.2) is 0 Å². The van der Waals surface area contributed by atoms with Crippen molar-refractivity contribution >= 4 is 10.8 Å². The zero-order valence-electron chi connectivity index (χ0n) is 11.4. The number of hydrogen-bond donors (Lipinski definition) is 0. The van der Waals surface area contributed by atoms with Gasteiger partial charge in [0.1, 0.15) is 0 Å². The first-order chi connectivity index (χ1) is 8.72. The van der Waals surface area contributed by atoms with E-state index in [1.165, 1.54) is 19.3 Å². The number of rotatable bonds is 2. The first-order valence-corrected chi connectivity index (χ1v) is 8.79. The Kier molecular flexibility index (Phi) is 5.24. The van der Waals surface area contributed by atoms with E-state index in [0.717, 1.165) is 44.4 Å². The lowest BCUT2D eigenvalue weighted by Crippen LogP contribution is -2.34. The van der Waals surface area contributed by atoms with Crippen molar-refractivity contribution in [2.24, 2.45) is 11.8 Å². The fourth-order valence-corrected chi connectivity index (χ4v) is 5.87. The smallest absolute Gasteiger partial charge is 0.0668 e. The van der Waals surface area contributed by atoms with Crippen LogP contribution in [0.3, 0.4) is 0 Å². The molecule has 0 bridgehead atoms. The molecule has 2 aliphatic carbocycles. The molecule has 2 aliphatic rings. The normalized spacial score (nSPS) is 39.6. The topological polar surface area (TPSA) is 40.9 Å². The van der Waals surface area contributed by atoms with Crippen molar-refractivity contribution in [1.29, 1.82) is 5.26 Å². The summed E-state index contributed by atoms with van der Waals surface area (Å²) in [6.45, 7) is 2.28. The van der Waals surface area contributed by atoms with Gasteiger partial charge in [0.2, 0.25) is 0 Å². The van der Waals surface area contributed by atoms with Crippen molar-refractivity contribution < 1.29 is 4.21 Å². The lowest BCUT2D eigenvalue weighted by Gasteiger charge is -2.30. The Labute approximate surface area is 114 Å². The highest BCUT2D eigenvalue weighted by Gasteiger charge is 2.34. The highest BCUT2D eigenvalue weighted by molar-refractivity contribution is 7.86. The molecule has 0 aromatic heterocycles.